The number of halogens is 3. The molecule has 2 aromatic carbocycles. The summed E-state index contributed by atoms with van der Waals surface area (Å²) in [7, 11) is 0. The molecule has 3 rings (SSSR count). The Morgan fingerprint density at radius 3 is 2.31 bits per heavy atom. The topological polar surface area (TPSA) is 49.8 Å². The molecule has 1 heterocycles. The van der Waals surface area contributed by atoms with E-state index in [0.717, 1.165) is 37.2 Å². The Balaban J connectivity index is 1.64. The van der Waals surface area contributed by atoms with Gasteiger partial charge >= 0.3 is 12.1 Å². The van der Waals surface area contributed by atoms with Crippen LogP contribution in [-0.2, 0) is 6.18 Å². The molecule has 0 aliphatic carbocycles. The van der Waals surface area contributed by atoms with Crippen LogP contribution >= 0.6 is 0 Å². The number of anilines is 1. The van der Waals surface area contributed by atoms with Crippen molar-refractivity contribution < 1.29 is 27.8 Å². The molecule has 0 aromatic heterocycles. The summed E-state index contributed by atoms with van der Waals surface area (Å²) >= 11 is 0. The molecular weight excluding hydrogens is 347 g/mol. The highest BCUT2D eigenvalue weighted by molar-refractivity contribution is 5.88. The van der Waals surface area contributed by atoms with E-state index >= 15 is 0 Å². The molecular formula is C19H18F3NO3. The van der Waals surface area contributed by atoms with Crippen molar-refractivity contribution in [3.63, 3.8) is 0 Å². The van der Waals surface area contributed by atoms with Crippen molar-refractivity contribution in [2.24, 2.45) is 0 Å². The molecule has 1 aliphatic rings. The van der Waals surface area contributed by atoms with Crippen molar-refractivity contribution in [1.82, 2.24) is 0 Å². The van der Waals surface area contributed by atoms with Gasteiger partial charge in [-0.05, 0) is 61.4 Å². The number of aromatic carboxylic acids is 1. The molecule has 1 fully saturated rings. The fourth-order valence-corrected chi connectivity index (χ4v) is 3.00. The monoisotopic (exact) mass is 365 g/mol. The van der Waals surface area contributed by atoms with Gasteiger partial charge in [0.05, 0.1) is 17.7 Å². The molecule has 0 radical (unpaired) electrons. The summed E-state index contributed by atoms with van der Waals surface area (Å²) in [5.74, 6) is -0.565. The molecule has 0 bridgehead atoms. The zero-order valence-corrected chi connectivity index (χ0v) is 13.9. The zero-order valence-electron chi connectivity index (χ0n) is 13.9. The second-order valence-electron chi connectivity index (χ2n) is 6.20. The third-order valence-corrected chi connectivity index (χ3v) is 4.34. The van der Waals surface area contributed by atoms with Gasteiger partial charge in [0.15, 0.2) is 0 Å². The van der Waals surface area contributed by atoms with Crippen molar-refractivity contribution in [2.75, 3.05) is 18.0 Å². The van der Waals surface area contributed by atoms with Crippen LogP contribution in [0.5, 0.6) is 5.75 Å². The number of rotatable bonds is 4. The summed E-state index contributed by atoms with van der Waals surface area (Å²) in [5, 5.41) is 8.96. The lowest BCUT2D eigenvalue weighted by Crippen LogP contribution is -2.41. The Hall–Kier alpha value is -2.70. The number of piperidine rings is 1. The highest BCUT2D eigenvalue weighted by Gasteiger charge is 2.30. The predicted molar refractivity (Wildman–Crippen MR) is 90.7 cm³/mol. The number of nitrogens with zero attached hydrogens (tertiary/aromatic N) is 1. The van der Waals surface area contributed by atoms with Crippen molar-refractivity contribution >= 4 is 11.7 Å². The van der Waals surface area contributed by atoms with E-state index in [2.05, 4.69) is 4.90 Å². The molecule has 4 nitrogen and oxygen atoms in total. The van der Waals surface area contributed by atoms with Crippen LogP contribution in [0.25, 0.3) is 0 Å². The molecule has 0 amide bonds. The van der Waals surface area contributed by atoms with Crippen LogP contribution in [0.1, 0.15) is 28.8 Å². The van der Waals surface area contributed by atoms with Crippen LogP contribution in [0.2, 0.25) is 0 Å². The van der Waals surface area contributed by atoms with Gasteiger partial charge in [0, 0.05) is 12.2 Å². The Morgan fingerprint density at radius 1 is 1.08 bits per heavy atom. The van der Waals surface area contributed by atoms with E-state index in [0.29, 0.717) is 12.3 Å². The maximum atomic E-state index is 12.6. The van der Waals surface area contributed by atoms with Crippen LogP contribution in [0.4, 0.5) is 18.9 Å². The fourth-order valence-electron chi connectivity index (χ4n) is 3.00. The van der Waals surface area contributed by atoms with Crippen LogP contribution in [-0.4, -0.2) is 30.3 Å². The van der Waals surface area contributed by atoms with Gasteiger partial charge in [0.25, 0.3) is 0 Å². The van der Waals surface area contributed by atoms with Gasteiger partial charge in [-0.15, -0.1) is 0 Å². The van der Waals surface area contributed by atoms with Crippen molar-refractivity contribution in [1.29, 1.82) is 0 Å². The average molecular weight is 365 g/mol. The summed E-state index contributed by atoms with van der Waals surface area (Å²) in [6.07, 6.45) is -2.81. The number of alkyl halides is 3. The van der Waals surface area contributed by atoms with Crippen LogP contribution in [0, 0.1) is 0 Å². The number of hydrogen-bond acceptors (Lipinski definition) is 3. The highest BCUT2D eigenvalue weighted by Crippen LogP contribution is 2.31. The lowest BCUT2D eigenvalue weighted by atomic mass is 10.1. The number of carboxylic acid groups (broad SMARTS) is 1. The van der Waals surface area contributed by atoms with E-state index in [-0.39, 0.29) is 11.7 Å². The SMILES string of the molecule is O=C(O)c1ccc(N2CCC[C@@H](Oc3ccc(C(F)(F)F)cc3)C2)cc1. The van der Waals surface area contributed by atoms with Gasteiger partial charge in [-0.2, -0.15) is 13.2 Å². The van der Waals surface area contributed by atoms with Gasteiger partial charge in [-0.25, -0.2) is 4.79 Å². The van der Waals surface area contributed by atoms with Gasteiger partial charge in [-0.1, -0.05) is 0 Å². The molecule has 26 heavy (non-hydrogen) atoms. The largest absolute Gasteiger partial charge is 0.489 e. The summed E-state index contributed by atoms with van der Waals surface area (Å²) in [6.45, 7) is 1.41. The van der Waals surface area contributed by atoms with Crippen LogP contribution < -0.4 is 9.64 Å². The maximum Gasteiger partial charge on any atom is 0.416 e. The van der Waals surface area contributed by atoms with Gasteiger partial charge < -0.3 is 14.7 Å². The van der Waals surface area contributed by atoms with Crippen LogP contribution in [0.3, 0.4) is 0 Å². The van der Waals surface area contributed by atoms with Crippen molar-refractivity contribution in [2.45, 2.75) is 25.1 Å². The fraction of sp³-hybridized carbons (Fsp3) is 0.316. The predicted octanol–water partition coefficient (Wildman–Crippen LogP) is 4.45. The minimum Gasteiger partial charge on any atom is -0.489 e. The Bertz CT molecular complexity index is 757. The Labute approximate surface area is 148 Å². The quantitative estimate of drug-likeness (QED) is 0.870. The zero-order chi connectivity index (χ0) is 18.7. The third-order valence-electron chi connectivity index (χ3n) is 4.34. The number of hydrogen-bond donors (Lipinski definition) is 1. The minimum atomic E-state index is -4.36. The smallest absolute Gasteiger partial charge is 0.416 e. The summed E-state index contributed by atoms with van der Waals surface area (Å²) in [6, 6.07) is 11.3. The number of ether oxygens (including phenoxy) is 1. The first-order valence-electron chi connectivity index (χ1n) is 8.25. The highest BCUT2D eigenvalue weighted by atomic mass is 19.4. The van der Waals surface area contributed by atoms with E-state index in [1.807, 2.05) is 0 Å². The average Bonchev–Trinajstić information content (AvgIpc) is 2.62. The van der Waals surface area contributed by atoms with E-state index in [4.69, 9.17) is 9.84 Å². The maximum absolute atomic E-state index is 12.6. The summed E-state index contributed by atoms with van der Waals surface area (Å²) in [5.41, 5.74) is 0.424. The second kappa shape index (κ2) is 7.27. The van der Waals surface area contributed by atoms with E-state index < -0.39 is 17.7 Å². The molecule has 1 saturated heterocycles. The first kappa shape index (κ1) is 18.1. The lowest BCUT2D eigenvalue weighted by Gasteiger charge is -2.34. The Morgan fingerprint density at radius 2 is 1.73 bits per heavy atom. The molecule has 0 unspecified atom stereocenters. The first-order chi connectivity index (χ1) is 12.3. The van der Waals surface area contributed by atoms with Gasteiger partial charge in [0.2, 0.25) is 0 Å². The molecule has 7 heteroatoms. The van der Waals surface area contributed by atoms with Crippen LogP contribution in [0.15, 0.2) is 48.5 Å². The number of carboxylic acids is 1. The molecule has 1 aliphatic heterocycles. The second-order valence-corrected chi connectivity index (χ2v) is 6.20. The van der Waals surface area contributed by atoms with E-state index in [9.17, 15) is 18.0 Å². The lowest BCUT2D eigenvalue weighted by molar-refractivity contribution is -0.137. The number of benzene rings is 2. The molecule has 2 aromatic rings. The normalized spacial score (nSPS) is 17.8. The summed E-state index contributed by atoms with van der Waals surface area (Å²) in [4.78, 5) is 13.0. The third kappa shape index (κ3) is 4.28. The van der Waals surface area contributed by atoms with Gasteiger partial charge in [0.1, 0.15) is 11.9 Å². The first-order valence-corrected chi connectivity index (χ1v) is 8.25. The Kier molecular flexibility index (Phi) is 5.06. The molecule has 0 spiro atoms. The van der Waals surface area contributed by atoms with Gasteiger partial charge in [-0.3, -0.25) is 0 Å². The molecule has 0 saturated carbocycles. The number of carbonyl (C=O) groups is 1. The van der Waals surface area contributed by atoms with Crippen molar-refractivity contribution in [3.05, 3.63) is 59.7 Å². The van der Waals surface area contributed by atoms with E-state index in [1.165, 1.54) is 12.1 Å². The minimum absolute atomic E-state index is 0.139. The molecule has 1 atom stereocenters. The standard InChI is InChI=1S/C19H18F3NO3/c20-19(21,22)14-5-9-16(10-6-14)26-17-2-1-11-23(12-17)15-7-3-13(4-8-15)18(24)25/h3-10,17H,1-2,11-12H2,(H,24,25)/t17-/m1/s1. The molecule has 138 valence electrons. The van der Waals surface area contributed by atoms with E-state index in [1.54, 1.807) is 24.3 Å². The molecule has 1 N–H and O–H groups in total. The summed E-state index contributed by atoms with van der Waals surface area (Å²) < 4.78 is 43.7. The van der Waals surface area contributed by atoms with Crippen molar-refractivity contribution in [3.8, 4) is 5.75 Å².